The standard InChI is InChI=1S/C22H20N2O7S/c1-16-8-13-20(14-21(16)24(26)27)32(28,29)23(17-9-11-18(30-2)12-10-17)15-22(25)31-19-6-4-3-5-7-19/h3-14H,15H2,1-2H3. The van der Waals surface area contributed by atoms with E-state index in [0.717, 1.165) is 10.4 Å². The number of aryl methyl sites for hydroxylation is 1. The topological polar surface area (TPSA) is 116 Å². The minimum absolute atomic E-state index is 0.166. The normalized spacial score (nSPS) is 10.9. The van der Waals surface area contributed by atoms with Crippen molar-refractivity contribution in [3.8, 4) is 11.5 Å². The van der Waals surface area contributed by atoms with Gasteiger partial charge in [-0.05, 0) is 49.4 Å². The molecule has 0 unspecified atom stereocenters. The first-order valence-corrected chi connectivity index (χ1v) is 10.8. The van der Waals surface area contributed by atoms with Crippen molar-refractivity contribution in [2.45, 2.75) is 11.8 Å². The molecule has 3 aromatic rings. The van der Waals surface area contributed by atoms with Crippen molar-refractivity contribution in [3.63, 3.8) is 0 Å². The maximum atomic E-state index is 13.4. The van der Waals surface area contributed by atoms with Crippen LogP contribution in [-0.4, -0.2) is 33.0 Å². The summed E-state index contributed by atoms with van der Waals surface area (Å²) >= 11 is 0. The predicted molar refractivity (Wildman–Crippen MR) is 117 cm³/mol. The molecular formula is C22H20N2O7S. The van der Waals surface area contributed by atoms with Crippen LogP contribution in [0, 0.1) is 17.0 Å². The molecule has 32 heavy (non-hydrogen) atoms. The summed E-state index contributed by atoms with van der Waals surface area (Å²) < 4.78 is 38.0. The lowest BCUT2D eigenvalue weighted by Gasteiger charge is -2.24. The van der Waals surface area contributed by atoms with Crippen molar-refractivity contribution in [1.29, 1.82) is 0 Å². The van der Waals surface area contributed by atoms with Gasteiger partial charge in [-0.25, -0.2) is 13.2 Å². The molecule has 0 aromatic heterocycles. The second-order valence-electron chi connectivity index (χ2n) is 6.70. The number of anilines is 1. The van der Waals surface area contributed by atoms with Crippen molar-refractivity contribution >= 4 is 27.4 Å². The molecule has 0 heterocycles. The number of carbonyl (C=O) groups is 1. The van der Waals surface area contributed by atoms with E-state index in [9.17, 15) is 23.3 Å². The quantitative estimate of drug-likeness (QED) is 0.220. The number of methoxy groups -OCH3 is 1. The van der Waals surface area contributed by atoms with Crippen LogP contribution in [0.1, 0.15) is 5.56 Å². The fourth-order valence-electron chi connectivity index (χ4n) is 2.91. The fraction of sp³-hybridized carbons (Fsp3) is 0.136. The zero-order chi connectivity index (χ0) is 23.3. The number of nitrogens with zero attached hydrogens (tertiary/aromatic N) is 2. The van der Waals surface area contributed by atoms with Crippen LogP contribution in [0.3, 0.4) is 0 Å². The van der Waals surface area contributed by atoms with Crippen LogP contribution in [0.15, 0.2) is 77.7 Å². The monoisotopic (exact) mass is 456 g/mol. The molecule has 0 saturated carbocycles. The molecule has 0 radical (unpaired) electrons. The van der Waals surface area contributed by atoms with Gasteiger partial charge in [-0.1, -0.05) is 24.3 Å². The van der Waals surface area contributed by atoms with Crippen LogP contribution in [-0.2, 0) is 14.8 Å². The molecule has 9 nitrogen and oxygen atoms in total. The summed E-state index contributed by atoms with van der Waals surface area (Å²) in [7, 11) is -2.88. The van der Waals surface area contributed by atoms with Gasteiger partial charge in [0.25, 0.3) is 15.7 Å². The third kappa shape index (κ3) is 5.03. The Morgan fingerprint density at radius 2 is 1.66 bits per heavy atom. The Hall–Kier alpha value is -3.92. The summed E-state index contributed by atoms with van der Waals surface area (Å²) in [5.74, 6) is -0.0725. The summed E-state index contributed by atoms with van der Waals surface area (Å²) in [5, 5.41) is 11.3. The van der Waals surface area contributed by atoms with Gasteiger partial charge in [-0.2, -0.15) is 0 Å². The third-order valence-corrected chi connectivity index (χ3v) is 6.34. The van der Waals surface area contributed by atoms with E-state index in [0.29, 0.717) is 11.3 Å². The first-order valence-electron chi connectivity index (χ1n) is 9.40. The van der Waals surface area contributed by atoms with Gasteiger partial charge in [0.2, 0.25) is 0 Å². The Bertz CT molecular complexity index is 1230. The number of rotatable bonds is 8. The van der Waals surface area contributed by atoms with Crippen molar-refractivity contribution in [2.24, 2.45) is 0 Å². The second-order valence-corrected chi connectivity index (χ2v) is 8.56. The van der Waals surface area contributed by atoms with Crippen LogP contribution in [0.25, 0.3) is 0 Å². The van der Waals surface area contributed by atoms with E-state index in [1.165, 1.54) is 50.4 Å². The molecule has 0 aliphatic heterocycles. The number of sulfonamides is 1. The lowest BCUT2D eigenvalue weighted by Crippen LogP contribution is -2.37. The molecular weight excluding hydrogens is 436 g/mol. The number of hydrogen-bond acceptors (Lipinski definition) is 7. The largest absolute Gasteiger partial charge is 0.497 e. The van der Waals surface area contributed by atoms with Gasteiger partial charge in [-0.3, -0.25) is 14.4 Å². The van der Waals surface area contributed by atoms with Crippen molar-refractivity contribution < 1.29 is 27.6 Å². The predicted octanol–water partition coefficient (Wildman–Crippen LogP) is 3.71. The minimum atomic E-state index is -4.35. The van der Waals surface area contributed by atoms with Gasteiger partial charge in [0.05, 0.1) is 22.6 Å². The maximum absolute atomic E-state index is 13.4. The van der Waals surface area contributed by atoms with Gasteiger partial charge >= 0.3 is 5.97 Å². The number of nitro benzene ring substituents is 1. The number of nitro groups is 1. The Morgan fingerprint density at radius 3 is 2.25 bits per heavy atom. The van der Waals surface area contributed by atoms with Crippen LogP contribution in [0.4, 0.5) is 11.4 Å². The highest BCUT2D eigenvalue weighted by Crippen LogP contribution is 2.29. The molecule has 0 bridgehead atoms. The van der Waals surface area contributed by atoms with E-state index < -0.39 is 27.5 Å². The zero-order valence-corrected chi connectivity index (χ0v) is 18.1. The molecule has 0 amide bonds. The molecule has 10 heteroatoms. The van der Waals surface area contributed by atoms with Crippen LogP contribution >= 0.6 is 0 Å². The van der Waals surface area contributed by atoms with Crippen LogP contribution in [0.5, 0.6) is 11.5 Å². The minimum Gasteiger partial charge on any atom is -0.497 e. The number of carbonyl (C=O) groups excluding carboxylic acids is 1. The summed E-state index contributed by atoms with van der Waals surface area (Å²) in [6.45, 7) is 0.859. The Labute approximate surface area is 185 Å². The van der Waals surface area contributed by atoms with E-state index in [1.54, 1.807) is 30.3 Å². The lowest BCUT2D eigenvalue weighted by molar-refractivity contribution is -0.385. The SMILES string of the molecule is COc1ccc(N(CC(=O)Oc2ccccc2)S(=O)(=O)c2ccc(C)c([N+](=O)[O-])c2)cc1. The molecule has 3 aromatic carbocycles. The average Bonchev–Trinajstić information content (AvgIpc) is 2.78. The van der Waals surface area contributed by atoms with E-state index in [4.69, 9.17) is 9.47 Å². The fourth-order valence-corrected chi connectivity index (χ4v) is 4.34. The van der Waals surface area contributed by atoms with Gasteiger partial charge in [0.1, 0.15) is 18.0 Å². The summed E-state index contributed by atoms with van der Waals surface area (Å²) in [6, 6.07) is 17.8. The molecule has 0 aliphatic carbocycles. The molecule has 0 N–H and O–H groups in total. The number of benzene rings is 3. The van der Waals surface area contributed by atoms with E-state index >= 15 is 0 Å². The third-order valence-electron chi connectivity index (χ3n) is 4.57. The lowest BCUT2D eigenvalue weighted by atomic mass is 10.2. The number of esters is 1. The zero-order valence-electron chi connectivity index (χ0n) is 17.3. The Morgan fingerprint density at radius 1 is 1.00 bits per heavy atom. The number of para-hydroxylation sites is 1. The summed E-state index contributed by atoms with van der Waals surface area (Å²) in [6.07, 6.45) is 0. The molecule has 0 atom stereocenters. The number of ether oxygens (including phenoxy) is 2. The Kier molecular flexibility index (Phi) is 6.74. The molecule has 166 valence electrons. The van der Waals surface area contributed by atoms with Crippen LogP contribution in [0.2, 0.25) is 0 Å². The summed E-state index contributed by atoms with van der Waals surface area (Å²) in [4.78, 5) is 22.9. The van der Waals surface area contributed by atoms with Crippen molar-refractivity contribution in [2.75, 3.05) is 18.0 Å². The first kappa shape index (κ1) is 22.8. The highest BCUT2D eigenvalue weighted by molar-refractivity contribution is 7.92. The van der Waals surface area contributed by atoms with Gasteiger partial charge in [0, 0.05) is 11.6 Å². The molecule has 0 aliphatic rings. The van der Waals surface area contributed by atoms with Gasteiger partial charge in [-0.15, -0.1) is 0 Å². The molecule has 3 rings (SSSR count). The summed E-state index contributed by atoms with van der Waals surface area (Å²) in [5.41, 5.74) is 0.139. The molecule has 0 spiro atoms. The maximum Gasteiger partial charge on any atom is 0.332 e. The smallest absolute Gasteiger partial charge is 0.332 e. The molecule has 0 fully saturated rings. The average molecular weight is 456 g/mol. The molecule has 0 saturated heterocycles. The van der Waals surface area contributed by atoms with Gasteiger partial charge < -0.3 is 9.47 Å². The second kappa shape index (κ2) is 9.48. The van der Waals surface area contributed by atoms with Crippen molar-refractivity contribution in [1.82, 2.24) is 0 Å². The highest BCUT2D eigenvalue weighted by atomic mass is 32.2. The van der Waals surface area contributed by atoms with Crippen LogP contribution < -0.4 is 13.8 Å². The Balaban J connectivity index is 2.01. The van der Waals surface area contributed by atoms with E-state index in [1.807, 2.05) is 0 Å². The van der Waals surface area contributed by atoms with E-state index in [2.05, 4.69) is 0 Å². The first-order chi connectivity index (χ1) is 15.2. The van der Waals surface area contributed by atoms with Crippen molar-refractivity contribution in [3.05, 3.63) is 88.5 Å². The number of hydrogen-bond donors (Lipinski definition) is 0. The van der Waals surface area contributed by atoms with E-state index in [-0.39, 0.29) is 22.0 Å². The highest BCUT2D eigenvalue weighted by Gasteiger charge is 2.30. The van der Waals surface area contributed by atoms with Gasteiger partial charge in [0.15, 0.2) is 0 Å².